The average molecular weight is 557 g/mol. The first-order valence-electron chi connectivity index (χ1n) is 12.4. The van der Waals surface area contributed by atoms with Crippen molar-refractivity contribution >= 4 is 46.6 Å². The van der Waals surface area contributed by atoms with Gasteiger partial charge in [-0.05, 0) is 62.6 Å². The fourth-order valence-electron chi connectivity index (χ4n) is 4.76. The summed E-state index contributed by atoms with van der Waals surface area (Å²) in [5.74, 6) is -1.16. The van der Waals surface area contributed by atoms with Gasteiger partial charge in [-0.3, -0.25) is 9.59 Å². The van der Waals surface area contributed by atoms with E-state index in [9.17, 15) is 14.9 Å². The van der Waals surface area contributed by atoms with Gasteiger partial charge in [0.2, 0.25) is 5.91 Å². The van der Waals surface area contributed by atoms with Gasteiger partial charge in [-0.2, -0.15) is 5.26 Å². The van der Waals surface area contributed by atoms with E-state index in [0.717, 1.165) is 22.4 Å². The highest BCUT2D eigenvalue weighted by molar-refractivity contribution is 8.03. The zero-order chi connectivity index (χ0) is 28.1. The summed E-state index contributed by atoms with van der Waals surface area (Å²) in [5.41, 5.74) is 6.49. The first-order chi connectivity index (χ1) is 18.7. The van der Waals surface area contributed by atoms with Crippen LogP contribution in [0.15, 0.2) is 88.6 Å². The number of aryl methyl sites for hydroxylation is 3. The third-order valence-electron chi connectivity index (χ3n) is 6.43. The molecular formula is C31H29ClN4O2S. The molecule has 1 heterocycles. The van der Waals surface area contributed by atoms with E-state index in [1.54, 1.807) is 31.2 Å². The lowest BCUT2D eigenvalue weighted by Gasteiger charge is -2.30. The summed E-state index contributed by atoms with van der Waals surface area (Å²) in [6, 6.07) is 22.7. The van der Waals surface area contributed by atoms with Crippen molar-refractivity contribution in [2.24, 2.45) is 0 Å². The second-order valence-corrected chi connectivity index (χ2v) is 10.8. The smallest absolute Gasteiger partial charge is 0.254 e. The molecule has 0 spiro atoms. The van der Waals surface area contributed by atoms with Crippen molar-refractivity contribution in [3.8, 4) is 6.07 Å². The predicted molar refractivity (Wildman–Crippen MR) is 159 cm³/mol. The van der Waals surface area contributed by atoms with E-state index in [-0.39, 0.29) is 17.6 Å². The number of hydrogen-bond acceptors (Lipinski definition) is 5. The minimum Gasteiger partial charge on any atom is -0.353 e. The van der Waals surface area contributed by atoms with Crippen molar-refractivity contribution < 1.29 is 9.59 Å². The van der Waals surface area contributed by atoms with Crippen LogP contribution in [0.4, 0.5) is 11.4 Å². The number of nitrogens with zero attached hydrogens (tertiary/aromatic N) is 1. The number of dihydropyridines is 1. The molecule has 0 bridgehead atoms. The second-order valence-electron chi connectivity index (χ2n) is 9.40. The summed E-state index contributed by atoms with van der Waals surface area (Å²) < 4.78 is 0. The molecule has 0 aliphatic carbocycles. The molecule has 0 saturated heterocycles. The average Bonchev–Trinajstić information content (AvgIpc) is 2.90. The summed E-state index contributed by atoms with van der Waals surface area (Å²) in [6.45, 7) is 7.74. The second kappa shape index (κ2) is 12.2. The zero-order valence-corrected chi connectivity index (χ0v) is 23.8. The molecule has 3 N–H and O–H groups in total. The molecule has 1 aliphatic rings. The van der Waals surface area contributed by atoms with E-state index in [4.69, 9.17) is 11.6 Å². The monoisotopic (exact) mass is 556 g/mol. The van der Waals surface area contributed by atoms with E-state index < -0.39 is 5.92 Å². The van der Waals surface area contributed by atoms with Gasteiger partial charge in [0.1, 0.15) is 0 Å². The van der Waals surface area contributed by atoms with Crippen LogP contribution in [0.2, 0.25) is 5.02 Å². The SMILES string of the molecule is CC1=C(C(=O)Nc2ccccc2)[C@@H](c2ccccc2Cl)C(C#N)=C(SCC(=O)Nc2c(C)cc(C)cc2C)N1. The summed E-state index contributed by atoms with van der Waals surface area (Å²) in [5, 5.41) is 20.4. The Morgan fingerprint density at radius 3 is 2.26 bits per heavy atom. The Morgan fingerprint density at radius 2 is 1.62 bits per heavy atom. The van der Waals surface area contributed by atoms with Crippen molar-refractivity contribution in [2.45, 2.75) is 33.6 Å². The van der Waals surface area contributed by atoms with E-state index in [0.29, 0.717) is 38.1 Å². The number of carbonyl (C=O) groups is 2. The van der Waals surface area contributed by atoms with Crippen molar-refractivity contribution in [1.82, 2.24) is 5.32 Å². The fraction of sp³-hybridized carbons (Fsp3) is 0.194. The van der Waals surface area contributed by atoms with Crippen LogP contribution >= 0.6 is 23.4 Å². The number of halogens is 1. The number of nitrogens with one attached hydrogen (secondary N) is 3. The van der Waals surface area contributed by atoms with Crippen molar-refractivity contribution in [1.29, 1.82) is 5.26 Å². The summed E-state index contributed by atoms with van der Waals surface area (Å²) in [7, 11) is 0. The third-order valence-corrected chi connectivity index (χ3v) is 7.79. The molecule has 0 radical (unpaired) electrons. The lowest BCUT2D eigenvalue weighted by atomic mass is 9.82. The number of thioether (sulfide) groups is 1. The largest absolute Gasteiger partial charge is 0.353 e. The van der Waals surface area contributed by atoms with Crippen molar-refractivity contribution in [3.63, 3.8) is 0 Å². The van der Waals surface area contributed by atoms with Crippen molar-refractivity contribution in [2.75, 3.05) is 16.4 Å². The first-order valence-corrected chi connectivity index (χ1v) is 13.8. The summed E-state index contributed by atoms with van der Waals surface area (Å²) in [4.78, 5) is 26.5. The Hall–Kier alpha value is -3.99. The number of amides is 2. The molecule has 3 aromatic carbocycles. The van der Waals surface area contributed by atoms with Gasteiger partial charge in [0.25, 0.3) is 5.91 Å². The van der Waals surface area contributed by atoms with Gasteiger partial charge in [-0.1, -0.05) is 77.5 Å². The first kappa shape index (κ1) is 28.0. The van der Waals surface area contributed by atoms with Crippen LogP contribution in [0, 0.1) is 32.1 Å². The van der Waals surface area contributed by atoms with Gasteiger partial charge >= 0.3 is 0 Å². The van der Waals surface area contributed by atoms with Gasteiger partial charge in [-0.25, -0.2) is 0 Å². The molecule has 4 rings (SSSR count). The Kier molecular flexibility index (Phi) is 8.80. The molecule has 1 atom stereocenters. The number of nitriles is 1. The Labute approximate surface area is 238 Å². The predicted octanol–water partition coefficient (Wildman–Crippen LogP) is 6.97. The Bertz CT molecular complexity index is 1520. The molecule has 6 nitrogen and oxygen atoms in total. The van der Waals surface area contributed by atoms with Crippen LogP contribution in [-0.2, 0) is 9.59 Å². The Morgan fingerprint density at radius 1 is 0.974 bits per heavy atom. The molecule has 3 aromatic rings. The summed E-state index contributed by atoms with van der Waals surface area (Å²) >= 11 is 7.81. The lowest BCUT2D eigenvalue weighted by molar-refractivity contribution is -0.114. The zero-order valence-electron chi connectivity index (χ0n) is 22.2. The van der Waals surface area contributed by atoms with Crippen molar-refractivity contribution in [3.05, 3.63) is 116 Å². The molecule has 0 saturated carbocycles. The van der Waals surface area contributed by atoms with Crippen LogP contribution in [0.25, 0.3) is 0 Å². The highest BCUT2D eigenvalue weighted by Gasteiger charge is 2.36. The quantitative estimate of drug-likeness (QED) is 0.292. The minimum absolute atomic E-state index is 0.0777. The molecule has 8 heteroatoms. The van der Waals surface area contributed by atoms with E-state index >= 15 is 0 Å². The minimum atomic E-state index is -0.708. The van der Waals surface area contributed by atoms with Gasteiger partial charge in [0.15, 0.2) is 0 Å². The molecule has 0 aromatic heterocycles. The van der Waals surface area contributed by atoms with Crippen LogP contribution in [-0.4, -0.2) is 17.6 Å². The maximum Gasteiger partial charge on any atom is 0.254 e. The van der Waals surface area contributed by atoms with Gasteiger partial charge in [0.05, 0.1) is 28.3 Å². The van der Waals surface area contributed by atoms with E-state index in [2.05, 4.69) is 22.0 Å². The molecule has 2 amide bonds. The van der Waals surface area contributed by atoms with E-state index in [1.165, 1.54) is 11.8 Å². The number of rotatable bonds is 7. The normalized spacial score (nSPS) is 14.9. The maximum absolute atomic E-state index is 13.5. The third kappa shape index (κ3) is 6.36. The van der Waals surface area contributed by atoms with Crippen LogP contribution in [0.5, 0.6) is 0 Å². The molecular weight excluding hydrogens is 528 g/mol. The molecule has 0 unspecified atom stereocenters. The fourth-order valence-corrected chi connectivity index (χ4v) is 5.89. The molecule has 1 aliphatic heterocycles. The Balaban J connectivity index is 1.64. The number of anilines is 2. The number of carbonyl (C=O) groups excluding carboxylic acids is 2. The van der Waals surface area contributed by atoms with Gasteiger partial charge in [-0.15, -0.1) is 0 Å². The number of hydrogen-bond donors (Lipinski definition) is 3. The summed E-state index contributed by atoms with van der Waals surface area (Å²) in [6.07, 6.45) is 0. The van der Waals surface area contributed by atoms with Crippen LogP contribution < -0.4 is 16.0 Å². The highest BCUT2D eigenvalue weighted by Crippen LogP contribution is 2.43. The number of allylic oxidation sites excluding steroid dienone is 2. The van der Waals surface area contributed by atoms with Crippen LogP contribution in [0.1, 0.15) is 35.1 Å². The van der Waals surface area contributed by atoms with Crippen LogP contribution in [0.3, 0.4) is 0 Å². The lowest BCUT2D eigenvalue weighted by Crippen LogP contribution is -2.31. The number of benzene rings is 3. The molecule has 0 fully saturated rings. The topological polar surface area (TPSA) is 94.0 Å². The van der Waals surface area contributed by atoms with Gasteiger partial charge < -0.3 is 16.0 Å². The van der Waals surface area contributed by atoms with E-state index in [1.807, 2.05) is 63.2 Å². The molecule has 39 heavy (non-hydrogen) atoms. The standard InChI is InChI=1S/C31H29ClN4O2S/c1-18-14-19(2)29(20(3)15-18)36-26(37)17-39-31-24(16-33)28(23-12-8-9-13-25(23)32)27(21(4)34-31)30(38)35-22-10-6-5-7-11-22/h5-15,28,34H,17H2,1-4H3,(H,35,38)(H,36,37)/t28-/m0/s1. The van der Waals surface area contributed by atoms with Gasteiger partial charge in [0, 0.05) is 27.7 Å². The maximum atomic E-state index is 13.5. The number of para-hydroxylation sites is 1. The highest BCUT2D eigenvalue weighted by atomic mass is 35.5. The molecule has 198 valence electrons.